The van der Waals surface area contributed by atoms with Crippen molar-refractivity contribution in [2.45, 2.75) is 66.7 Å². The van der Waals surface area contributed by atoms with E-state index in [0.717, 1.165) is 24.3 Å². The van der Waals surface area contributed by atoms with E-state index >= 15 is 0 Å². The molecule has 0 aromatic carbocycles. The smallest absolute Gasteiger partial charge is 0.225 e. The maximum Gasteiger partial charge on any atom is 0.225 e. The highest BCUT2D eigenvalue weighted by molar-refractivity contribution is 7.16. The molecule has 1 aliphatic rings. The second-order valence-corrected chi connectivity index (χ2v) is 8.85. The van der Waals surface area contributed by atoms with Gasteiger partial charge in [-0.3, -0.25) is 4.79 Å². The van der Waals surface area contributed by atoms with Crippen molar-refractivity contribution in [3.63, 3.8) is 0 Å². The van der Waals surface area contributed by atoms with Crippen LogP contribution in [-0.4, -0.2) is 5.91 Å². The van der Waals surface area contributed by atoms with Gasteiger partial charge in [0.1, 0.15) is 11.1 Å². The van der Waals surface area contributed by atoms with Gasteiger partial charge in [-0.05, 0) is 42.1 Å². The van der Waals surface area contributed by atoms with E-state index in [0.29, 0.717) is 29.2 Å². The highest BCUT2D eigenvalue weighted by atomic mass is 32.1. The first-order valence-electron chi connectivity index (χ1n) is 8.63. The number of hydrogen-bond acceptors (Lipinski definition) is 3. The van der Waals surface area contributed by atoms with Gasteiger partial charge in [-0.15, -0.1) is 11.3 Å². The van der Waals surface area contributed by atoms with Gasteiger partial charge in [0.05, 0.1) is 5.56 Å². The van der Waals surface area contributed by atoms with E-state index in [1.54, 1.807) is 11.3 Å². The van der Waals surface area contributed by atoms with E-state index in [1.807, 2.05) is 13.8 Å². The lowest BCUT2D eigenvalue weighted by Crippen LogP contribution is -2.28. The van der Waals surface area contributed by atoms with Crippen LogP contribution in [-0.2, 0) is 17.6 Å². The Labute approximate surface area is 144 Å². The number of nitrogens with one attached hydrogen (secondary N) is 1. The van der Waals surface area contributed by atoms with Gasteiger partial charge in [0.15, 0.2) is 0 Å². The predicted octanol–water partition coefficient (Wildman–Crippen LogP) is 5.15. The van der Waals surface area contributed by atoms with Crippen LogP contribution in [0.3, 0.4) is 0 Å². The van der Waals surface area contributed by atoms with Gasteiger partial charge in [0.25, 0.3) is 0 Å². The van der Waals surface area contributed by atoms with Crippen molar-refractivity contribution in [2.24, 2.45) is 17.3 Å². The first-order valence-corrected chi connectivity index (χ1v) is 9.44. The molecule has 0 unspecified atom stereocenters. The quantitative estimate of drug-likeness (QED) is 0.811. The monoisotopic (exact) mass is 332 g/mol. The molecule has 0 spiro atoms. The normalized spacial score (nSPS) is 17.7. The van der Waals surface area contributed by atoms with Crippen molar-refractivity contribution in [2.75, 3.05) is 5.32 Å². The molecular weight excluding hydrogens is 304 g/mol. The highest BCUT2D eigenvalue weighted by Crippen LogP contribution is 2.45. The van der Waals surface area contributed by atoms with Gasteiger partial charge >= 0.3 is 0 Å². The van der Waals surface area contributed by atoms with Crippen LogP contribution in [0.25, 0.3) is 0 Å². The zero-order valence-corrected chi connectivity index (χ0v) is 15.8. The molecular formula is C19H28N2OS. The van der Waals surface area contributed by atoms with Gasteiger partial charge in [0, 0.05) is 11.3 Å². The molecule has 1 aromatic heterocycles. The van der Waals surface area contributed by atoms with Gasteiger partial charge < -0.3 is 5.32 Å². The van der Waals surface area contributed by atoms with Crippen LogP contribution in [0, 0.1) is 28.6 Å². The van der Waals surface area contributed by atoms with Crippen molar-refractivity contribution >= 4 is 22.2 Å². The average molecular weight is 333 g/mol. The summed E-state index contributed by atoms with van der Waals surface area (Å²) in [6.45, 7) is 11.0. The molecule has 0 saturated carbocycles. The number of nitrogens with zero attached hydrogens (tertiary/aromatic N) is 1. The zero-order valence-electron chi connectivity index (χ0n) is 15.0. The van der Waals surface area contributed by atoms with E-state index in [4.69, 9.17) is 0 Å². The maximum atomic E-state index is 12.1. The van der Waals surface area contributed by atoms with Gasteiger partial charge in [-0.25, -0.2) is 0 Å². The molecule has 0 saturated heterocycles. The van der Waals surface area contributed by atoms with Crippen LogP contribution < -0.4 is 5.32 Å². The Hall–Kier alpha value is -1.34. The maximum absolute atomic E-state index is 12.1. The fourth-order valence-corrected chi connectivity index (χ4v) is 4.59. The van der Waals surface area contributed by atoms with Crippen LogP contribution in [0.1, 0.15) is 69.9 Å². The number of amides is 1. The Morgan fingerprint density at radius 3 is 2.74 bits per heavy atom. The number of thiophene rings is 1. The molecule has 1 N–H and O–H groups in total. The molecule has 0 radical (unpaired) electrons. The van der Waals surface area contributed by atoms with E-state index < -0.39 is 0 Å². The number of anilines is 1. The number of rotatable bonds is 5. The van der Waals surface area contributed by atoms with Crippen molar-refractivity contribution < 1.29 is 4.79 Å². The number of hydrogen-bond donors (Lipinski definition) is 1. The highest BCUT2D eigenvalue weighted by Gasteiger charge is 2.34. The Morgan fingerprint density at radius 1 is 1.48 bits per heavy atom. The first-order chi connectivity index (χ1) is 10.8. The summed E-state index contributed by atoms with van der Waals surface area (Å²) < 4.78 is 0. The van der Waals surface area contributed by atoms with Crippen LogP contribution in [0.5, 0.6) is 0 Å². The van der Waals surface area contributed by atoms with E-state index in [9.17, 15) is 10.1 Å². The lowest BCUT2D eigenvalue weighted by atomic mass is 9.69. The largest absolute Gasteiger partial charge is 0.317 e. The first kappa shape index (κ1) is 18.0. The zero-order chi connectivity index (χ0) is 17.2. The standard InChI is InChI=1S/C19H28N2OS/c1-6-19(4,5)13-7-8-14-15(11-20)18(23-16(14)10-13)21-17(22)9-12(2)3/h12-13H,6-10H2,1-5H3,(H,21,22)/t13-/m0/s1. The molecule has 1 atom stereocenters. The minimum absolute atomic E-state index is 0.0144. The third-order valence-electron chi connectivity index (χ3n) is 5.24. The number of carbonyl (C=O) groups is 1. The summed E-state index contributed by atoms with van der Waals surface area (Å²) >= 11 is 1.62. The molecule has 1 aliphatic carbocycles. The molecule has 1 heterocycles. The Bertz CT molecular complexity index is 622. The second kappa shape index (κ2) is 7.05. The third-order valence-corrected chi connectivity index (χ3v) is 6.41. The summed E-state index contributed by atoms with van der Waals surface area (Å²) in [6.07, 6.45) is 4.80. The summed E-state index contributed by atoms with van der Waals surface area (Å²) in [5, 5.41) is 13.3. The summed E-state index contributed by atoms with van der Waals surface area (Å²) in [5.41, 5.74) is 2.21. The van der Waals surface area contributed by atoms with Crippen LogP contribution in [0.15, 0.2) is 0 Å². The molecule has 1 amide bonds. The lowest BCUT2D eigenvalue weighted by Gasteiger charge is -2.36. The second-order valence-electron chi connectivity index (χ2n) is 7.75. The molecule has 0 bridgehead atoms. The van der Waals surface area contributed by atoms with E-state index in [1.165, 1.54) is 16.9 Å². The topological polar surface area (TPSA) is 52.9 Å². The summed E-state index contributed by atoms with van der Waals surface area (Å²) in [6, 6.07) is 2.33. The lowest BCUT2D eigenvalue weighted by molar-refractivity contribution is -0.116. The molecule has 4 heteroatoms. The molecule has 0 fully saturated rings. The molecule has 0 aliphatic heterocycles. The minimum Gasteiger partial charge on any atom is -0.317 e. The fraction of sp³-hybridized carbons (Fsp3) is 0.684. The fourth-order valence-electron chi connectivity index (χ4n) is 3.30. The molecule has 23 heavy (non-hydrogen) atoms. The molecule has 2 rings (SSSR count). The SMILES string of the molecule is CCC(C)(C)[C@H]1CCc2c(sc(NC(=O)CC(C)C)c2C#N)C1. The van der Waals surface area contributed by atoms with Crippen molar-refractivity contribution in [1.29, 1.82) is 5.26 Å². The van der Waals surface area contributed by atoms with Crippen LogP contribution >= 0.6 is 11.3 Å². The van der Waals surface area contributed by atoms with Crippen molar-refractivity contribution in [3.8, 4) is 6.07 Å². The average Bonchev–Trinajstić information content (AvgIpc) is 2.82. The Morgan fingerprint density at radius 2 is 2.17 bits per heavy atom. The number of nitriles is 1. The van der Waals surface area contributed by atoms with Crippen LogP contribution in [0.2, 0.25) is 0 Å². The van der Waals surface area contributed by atoms with Crippen molar-refractivity contribution in [3.05, 3.63) is 16.0 Å². The summed E-state index contributed by atoms with van der Waals surface area (Å²) in [4.78, 5) is 13.4. The van der Waals surface area contributed by atoms with E-state index in [2.05, 4.69) is 32.2 Å². The van der Waals surface area contributed by atoms with Crippen LogP contribution in [0.4, 0.5) is 5.00 Å². The molecule has 1 aromatic rings. The minimum atomic E-state index is 0.0144. The van der Waals surface area contributed by atoms with Gasteiger partial charge in [-0.1, -0.05) is 41.0 Å². The Kier molecular flexibility index (Phi) is 5.52. The predicted molar refractivity (Wildman–Crippen MR) is 96.7 cm³/mol. The molecule has 126 valence electrons. The molecule has 3 nitrogen and oxygen atoms in total. The number of carbonyl (C=O) groups excluding carboxylic acids is 1. The Balaban J connectivity index is 2.23. The third kappa shape index (κ3) is 3.95. The summed E-state index contributed by atoms with van der Waals surface area (Å²) in [7, 11) is 0. The van der Waals surface area contributed by atoms with Gasteiger partial charge in [-0.2, -0.15) is 5.26 Å². The summed E-state index contributed by atoms with van der Waals surface area (Å²) in [5.74, 6) is 0.995. The van der Waals surface area contributed by atoms with Crippen molar-refractivity contribution in [1.82, 2.24) is 0 Å². The van der Waals surface area contributed by atoms with Gasteiger partial charge in [0.2, 0.25) is 5.91 Å². The van der Waals surface area contributed by atoms with E-state index in [-0.39, 0.29) is 5.91 Å². The number of fused-ring (bicyclic) bond motifs is 1.